The number of hydrogen-bond donors (Lipinski definition) is 1. The number of nitro groups is 1. The molecule has 148 valence electrons. The van der Waals surface area contributed by atoms with Crippen LogP contribution in [0.1, 0.15) is 19.3 Å². The zero-order chi connectivity index (χ0) is 20.6. The first-order chi connectivity index (χ1) is 13.9. The van der Waals surface area contributed by atoms with E-state index in [-0.39, 0.29) is 10.6 Å². The van der Waals surface area contributed by atoms with Gasteiger partial charge < -0.3 is 4.98 Å². The maximum Gasteiger partial charge on any atom is 0.312 e. The number of nitriles is 1. The first kappa shape index (κ1) is 18.9. The van der Waals surface area contributed by atoms with E-state index in [2.05, 4.69) is 16.0 Å². The summed E-state index contributed by atoms with van der Waals surface area (Å²) >= 11 is 0. The Morgan fingerprint density at radius 1 is 1.24 bits per heavy atom. The molecule has 0 aliphatic heterocycles. The number of H-pyrrole nitrogens is 1. The third kappa shape index (κ3) is 3.09. The quantitative estimate of drug-likeness (QED) is 0.505. The van der Waals surface area contributed by atoms with Gasteiger partial charge in [-0.05, 0) is 37.5 Å². The molecule has 0 amide bonds. The number of rotatable bonds is 5. The van der Waals surface area contributed by atoms with Crippen LogP contribution in [-0.2, 0) is 10.0 Å². The van der Waals surface area contributed by atoms with E-state index >= 15 is 0 Å². The van der Waals surface area contributed by atoms with Crippen LogP contribution in [0.25, 0.3) is 11.0 Å². The Bertz CT molecular complexity index is 1220. The van der Waals surface area contributed by atoms with Crippen molar-refractivity contribution < 1.29 is 13.3 Å². The minimum atomic E-state index is -4.17. The van der Waals surface area contributed by atoms with Gasteiger partial charge in [-0.25, -0.2) is 13.4 Å². The molecule has 1 N–H and O–H groups in total. The Hall–Kier alpha value is -3.45. The summed E-state index contributed by atoms with van der Waals surface area (Å²) in [6.45, 7) is 0. The highest BCUT2D eigenvalue weighted by Gasteiger charge is 2.43. The van der Waals surface area contributed by atoms with Gasteiger partial charge in [0.2, 0.25) is 0 Å². The minimum absolute atomic E-state index is 0.0124. The van der Waals surface area contributed by atoms with Crippen molar-refractivity contribution in [3.8, 4) is 6.07 Å². The number of aromatic amines is 1. The van der Waals surface area contributed by atoms with Crippen molar-refractivity contribution in [2.75, 3.05) is 4.31 Å². The third-order valence-electron chi connectivity index (χ3n) is 5.20. The average molecular weight is 411 g/mol. The van der Waals surface area contributed by atoms with Crippen LogP contribution >= 0.6 is 0 Å². The lowest BCUT2D eigenvalue weighted by atomic mass is 10.0. The molecule has 0 spiro atoms. The van der Waals surface area contributed by atoms with Crippen molar-refractivity contribution in [2.24, 2.45) is 5.92 Å². The molecule has 0 unspecified atom stereocenters. The average Bonchev–Trinajstić information content (AvgIpc) is 3.37. The summed E-state index contributed by atoms with van der Waals surface area (Å²) in [5.74, 6) is -0.560. The molecule has 2 heterocycles. The van der Waals surface area contributed by atoms with E-state index in [1.54, 1.807) is 30.5 Å². The molecule has 1 saturated carbocycles. The lowest BCUT2D eigenvalue weighted by Gasteiger charge is -2.32. The number of anilines is 1. The Kier molecular flexibility index (Phi) is 4.68. The fourth-order valence-corrected chi connectivity index (χ4v) is 5.66. The largest absolute Gasteiger partial charge is 0.346 e. The molecule has 2 atom stereocenters. The predicted molar refractivity (Wildman–Crippen MR) is 106 cm³/mol. The summed E-state index contributed by atoms with van der Waals surface area (Å²) in [7, 11) is -4.17. The highest BCUT2D eigenvalue weighted by atomic mass is 32.2. The van der Waals surface area contributed by atoms with Gasteiger partial charge in [0, 0.05) is 6.20 Å². The number of fused-ring (bicyclic) bond motifs is 1. The summed E-state index contributed by atoms with van der Waals surface area (Å²) in [4.78, 5) is 18.1. The lowest BCUT2D eigenvalue weighted by Crippen LogP contribution is -2.42. The molecule has 1 aliphatic rings. The van der Waals surface area contributed by atoms with E-state index in [0.29, 0.717) is 30.3 Å². The Morgan fingerprint density at radius 2 is 2.00 bits per heavy atom. The van der Waals surface area contributed by atoms with Crippen molar-refractivity contribution in [3.63, 3.8) is 0 Å². The smallest absolute Gasteiger partial charge is 0.312 e. The number of nitrogens with zero attached hydrogens (tertiary/aromatic N) is 4. The summed E-state index contributed by atoms with van der Waals surface area (Å²) in [5.41, 5.74) is -0.136. The van der Waals surface area contributed by atoms with E-state index < -0.39 is 32.6 Å². The summed E-state index contributed by atoms with van der Waals surface area (Å²) in [5, 5.41) is 21.7. The predicted octanol–water partition coefficient (Wildman–Crippen LogP) is 3.36. The Balaban J connectivity index is 2.04. The Morgan fingerprint density at radius 3 is 2.69 bits per heavy atom. The number of aromatic nitrogens is 2. The second kappa shape index (κ2) is 7.18. The SMILES string of the molecule is N#C[C@H]1CCC[C@H]1N(c1c([N+](=O)[O-])cnc2[nH]ccc12)S(=O)(=O)c1ccccc1. The number of hydrogen-bond acceptors (Lipinski definition) is 6. The fourth-order valence-electron chi connectivity index (χ4n) is 3.89. The highest BCUT2D eigenvalue weighted by Crippen LogP contribution is 2.43. The van der Waals surface area contributed by atoms with Gasteiger partial charge in [-0.1, -0.05) is 18.2 Å². The molecule has 2 aromatic heterocycles. The topological polar surface area (TPSA) is 133 Å². The second-order valence-electron chi connectivity index (χ2n) is 6.84. The van der Waals surface area contributed by atoms with Gasteiger partial charge in [-0.15, -0.1) is 0 Å². The molecule has 4 rings (SSSR count). The molecule has 9 nitrogen and oxygen atoms in total. The molecule has 0 saturated heterocycles. The molecule has 0 bridgehead atoms. The second-order valence-corrected chi connectivity index (χ2v) is 8.65. The first-order valence-electron chi connectivity index (χ1n) is 9.04. The number of nitrogens with one attached hydrogen (secondary N) is 1. The van der Waals surface area contributed by atoms with Gasteiger partial charge in [0.25, 0.3) is 10.0 Å². The zero-order valence-electron chi connectivity index (χ0n) is 15.2. The number of sulfonamides is 1. The molecule has 1 fully saturated rings. The maximum atomic E-state index is 13.7. The highest BCUT2D eigenvalue weighted by molar-refractivity contribution is 7.93. The molecule has 0 radical (unpaired) electrons. The summed E-state index contributed by atoms with van der Waals surface area (Å²) in [6, 6.07) is 10.8. The molecule has 1 aliphatic carbocycles. The molecule has 1 aromatic carbocycles. The Labute approximate surface area is 166 Å². The van der Waals surface area contributed by atoms with Gasteiger partial charge in [0.1, 0.15) is 17.5 Å². The maximum absolute atomic E-state index is 13.7. The molecular formula is C19H17N5O4S. The third-order valence-corrected chi connectivity index (χ3v) is 7.04. The van der Waals surface area contributed by atoms with Crippen LogP contribution in [0.15, 0.2) is 53.7 Å². The molecule has 10 heteroatoms. The van der Waals surface area contributed by atoms with Gasteiger partial charge in [0.05, 0.1) is 33.2 Å². The molecule has 3 aromatic rings. The van der Waals surface area contributed by atoms with Gasteiger partial charge in [-0.2, -0.15) is 5.26 Å². The normalized spacial score (nSPS) is 19.1. The van der Waals surface area contributed by atoms with E-state index in [4.69, 9.17) is 0 Å². The van der Waals surface area contributed by atoms with Crippen molar-refractivity contribution in [1.29, 1.82) is 5.26 Å². The summed E-state index contributed by atoms with van der Waals surface area (Å²) in [6.07, 6.45) is 4.25. The number of pyridine rings is 1. The van der Waals surface area contributed by atoms with Crippen LogP contribution in [0.5, 0.6) is 0 Å². The van der Waals surface area contributed by atoms with E-state index in [9.17, 15) is 23.8 Å². The van der Waals surface area contributed by atoms with Gasteiger partial charge in [-0.3, -0.25) is 14.4 Å². The lowest BCUT2D eigenvalue weighted by molar-refractivity contribution is -0.384. The molecular weight excluding hydrogens is 394 g/mol. The van der Waals surface area contributed by atoms with Crippen LogP contribution in [0.2, 0.25) is 0 Å². The fraction of sp³-hybridized carbons (Fsp3) is 0.263. The van der Waals surface area contributed by atoms with Gasteiger partial charge >= 0.3 is 5.69 Å². The van der Waals surface area contributed by atoms with Crippen LogP contribution < -0.4 is 4.31 Å². The zero-order valence-corrected chi connectivity index (χ0v) is 16.0. The van der Waals surface area contributed by atoms with Crippen molar-refractivity contribution >= 4 is 32.4 Å². The van der Waals surface area contributed by atoms with Crippen LogP contribution in [-0.4, -0.2) is 29.4 Å². The number of benzene rings is 1. The minimum Gasteiger partial charge on any atom is -0.346 e. The monoisotopic (exact) mass is 411 g/mol. The first-order valence-corrected chi connectivity index (χ1v) is 10.5. The molecule has 29 heavy (non-hydrogen) atoms. The van der Waals surface area contributed by atoms with Crippen LogP contribution in [0.4, 0.5) is 11.4 Å². The van der Waals surface area contributed by atoms with Gasteiger partial charge in [0.15, 0.2) is 0 Å². The van der Waals surface area contributed by atoms with Crippen molar-refractivity contribution in [1.82, 2.24) is 9.97 Å². The van der Waals surface area contributed by atoms with Crippen molar-refractivity contribution in [2.45, 2.75) is 30.2 Å². The standard InChI is InChI=1S/C19H17N5O4S/c20-11-13-5-4-8-16(13)23(29(27,28)14-6-2-1-3-7-14)18-15-9-10-21-19(15)22-12-17(18)24(25)26/h1-3,6-7,9-10,12-13,16H,4-5,8H2,(H,21,22)/t13-,16-/m1/s1. The van der Waals surface area contributed by atoms with Crippen LogP contribution in [0, 0.1) is 27.4 Å². The van der Waals surface area contributed by atoms with Crippen LogP contribution in [0.3, 0.4) is 0 Å². The van der Waals surface area contributed by atoms with E-state index in [0.717, 1.165) is 10.5 Å². The van der Waals surface area contributed by atoms with E-state index in [1.807, 2.05) is 0 Å². The van der Waals surface area contributed by atoms with E-state index in [1.165, 1.54) is 12.1 Å². The van der Waals surface area contributed by atoms with Crippen molar-refractivity contribution in [3.05, 3.63) is 58.9 Å². The summed E-state index contributed by atoms with van der Waals surface area (Å²) < 4.78 is 28.5.